The molecule has 1 heterocycles. The molecule has 4 rings (SSSR count). The maximum Gasteiger partial charge on any atom is 0.350 e. The third kappa shape index (κ3) is 3.69. The highest BCUT2D eigenvalue weighted by Crippen LogP contribution is 2.37. The summed E-state index contributed by atoms with van der Waals surface area (Å²) in [6.07, 6.45) is 0. The number of imide groups is 1. The summed E-state index contributed by atoms with van der Waals surface area (Å²) in [7, 11) is 0. The van der Waals surface area contributed by atoms with E-state index in [-0.39, 0.29) is 16.0 Å². The van der Waals surface area contributed by atoms with E-state index in [0.29, 0.717) is 10.6 Å². The Morgan fingerprint density at radius 2 is 1.43 bits per heavy atom. The lowest BCUT2D eigenvalue weighted by molar-refractivity contribution is -0.167. The molecule has 0 saturated carbocycles. The first-order valence-electron chi connectivity index (χ1n) is 8.82. The molecule has 0 spiro atoms. The number of fused-ring (bicyclic) bond motifs is 1. The van der Waals surface area contributed by atoms with E-state index in [1.165, 1.54) is 18.2 Å². The van der Waals surface area contributed by atoms with E-state index >= 15 is 0 Å². The van der Waals surface area contributed by atoms with Crippen molar-refractivity contribution in [2.75, 3.05) is 0 Å². The van der Waals surface area contributed by atoms with Gasteiger partial charge in [-0.05, 0) is 35.9 Å². The van der Waals surface area contributed by atoms with Gasteiger partial charge in [-0.1, -0.05) is 47.5 Å². The average molecular weight is 425 g/mol. The van der Waals surface area contributed by atoms with Gasteiger partial charge in [-0.15, -0.1) is 11.8 Å². The van der Waals surface area contributed by atoms with Crippen LogP contribution in [0.2, 0.25) is 0 Å². The molecule has 3 aromatic rings. The summed E-state index contributed by atoms with van der Waals surface area (Å²) in [5.74, 6) is -4.45. The van der Waals surface area contributed by atoms with E-state index in [0.717, 1.165) is 23.9 Å². The summed E-state index contributed by atoms with van der Waals surface area (Å²) >= 11 is 0.912. The molecule has 30 heavy (non-hydrogen) atoms. The van der Waals surface area contributed by atoms with Crippen molar-refractivity contribution in [1.29, 1.82) is 0 Å². The maximum absolute atomic E-state index is 13.6. The Kier molecular flexibility index (Phi) is 5.33. The second-order valence-corrected chi connectivity index (χ2v) is 7.52. The van der Waals surface area contributed by atoms with Gasteiger partial charge in [0.15, 0.2) is 11.6 Å². The molecule has 150 valence electrons. The van der Waals surface area contributed by atoms with Crippen LogP contribution < -0.4 is 0 Å². The average Bonchev–Trinajstić information content (AvgIpc) is 3.00. The maximum atomic E-state index is 13.6. The van der Waals surface area contributed by atoms with Crippen LogP contribution in [0.5, 0.6) is 0 Å². The van der Waals surface area contributed by atoms with E-state index in [9.17, 15) is 23.2 Å². The summed E-state index contributed by atoms with van der Waals surface area (Å²) in [6.45, 7) is 0. The summed E-state index contributed by atoms with van der Waals surface area (Å²) in [5, 5.41) is -0.602. The molecule has 1 aliphatic heterocycles. The number of hydrogen-bond donors (Lipinski definition) is 0. The fraction of sp³-hybridized carbons (Fsp3) is 0.0455. The predicted molar refractivity (Wildman–Crippen MR) is 104 cm³/mol. The normalized spacial score (nSPS) is 13.9. The zero-order valence-corrected chi connectivity index (χ0v) is 16.1. The number of nitrogens with zero attached hydrogens (tertiary/aromatic N) is 1. The van der Waals surface area contributed by atoms with Gasteiger partial charge in [0.25, 0.3) is 11.8 Å². The number of hydroxylamine groups is 2. The molecule has 0 N–H and O–H groups in total. The lowest BCUT2D eigenvalue weighted by atomic mass is 10.1. The molecular weight excluding hydrogens is 412 g/mol. The summed E-state index contributed by atoms with van der Waals surface area (Å²) in [5.41, 5.74) is 0.786. The third-order valence-corrected chi connectivity index (χ3v) is 5.63. The Balaban J connectivity index is 1.61. The first-order valence-corrected chi connectivity index (χ1v) is 9.70. The zero-order chi connectivity index (χ0) is 21.3. The number of amides is 2. The lowest BCUT2D eigenvalue weighted by Crippen LogP contribution is -2.34. The molecule has 1 atom stereocenters. The third-order valence-electron chi connectivity index (χ3n) is 4.40. The molecule has 0 aliphatic carbocycles. The Morgan fingerprint density at radius 1 is 0.833 bits per heavy atom. The van der Waals surface area contributed by atoms with Gasteiger partial charge in [0.1, 0.15) is 5.25 Å². The first-order chi connectivity index (χ1) is 14.5. The Hall–Kier alpha value is -3.52. The number of rotatable bonds is 5. The number of halogens is 2. The highest BCUT2D eigenvalue weighted by molar-refractivity contribution is 8.00. The van der Waals surface area contributed by atoms with Gasteiger partial charge in [-0.3, -0.25) is 9.59 Å². The van der Waals surface area contributed by atoms with Gasteiger partial charge in [-0.2, -0.15) is 0 Å². The van der Waals surface area contributed by atoms with Crippen LogP contribution in [0.3, 0.4) is 0 Å². The Morgan fingerprint density at radius 3 is 2.03 bits per heavy atom. The van der Waals surface area contributed by atoms with Crippen LogP contribution in [-0.2, 0) is 9.63 Å². The highest BCUT2D eigenvalue weighted by Gasteiger charge is 2.40. The molecule has 5 nitrogen and oxygen atoms in total. The van der Waals surface area contributed by atoms with Crippen LogP contribution in [0.25, 0.3) is 0 Å². The van der Waals surface area contributed by atoms with E-state index in [1.807, 2.05) is 0 Å². The lowest BCUT2D eigenvalue weighted by Gasteiger charge is -2.19. The van der Waals surface area contributed by atoms with Crippen LogP contribution in [0.15, 0.2) is 77.7 Å². The fourth-order valence-corrected chi connectivity index (χ4v) is 3.98. The smallest absolute Gasteiger partial charge is 0.328 e. The van der Waals surface area contributed by atoms with Crippen molar-refractivity contribution in [3.63, 3.8) is 0 Å². The fourth-order valence-electron chi connectivity index (χ4n) is 2.95. The molecule has 1 aliphatic rings. The molecule has 0 fully saturated rings. The number of hydrogen-bond acceptors (Lipinski definition) is 5. The van der Waals surface area contributed by atoms with Crippen LogP contribution in [-0.4, -0.2) is 22.8 Å². The molecule has 0 bridgehead atoms. The molecule has 0 aromatic heterocycles. The minimum Gasteiger partial charge on any atom is -0.328 e. The van der Waals surface area contributed by atoms with Crippen molar-refractivity contribution in [3.8, 4) is 0 Å². The Labute approximate surface area is 174 Å². The topological polar surface area (TPSA) is 63.7 Å². The van der Waals surface area contributed by atoms with E-state index in [2.05, 4.69) is 0 Å². The molecule has 0 saturated heterocycles. The van der Waals surface area contributed by atoms with Gasteiger partial charge in [0.05, 0.1) is 11.1 Å². The van der Waals surface area contributed by atoms with Crippen molar-refractivity contribution in [1.82, 2.24) is 5.06 Å². The standard InChI is InChI=1S/C22H13F2NO4S/c23-17-11-10-14(12-18(17)24)30-19(13-6-2-1-3-7-13)22(28)29-25-20(26)15-8-4-5-9-16(15)21(25)27/h1-12,19H. The molecule has 1 unspecified atom stereocenters. The van der Waals surface area contributed by atoms with Crippen molar-refractivity contribution >= 4 is 29.5 Å². The van der Waals surface area contributed by atoms with Crippen LogP contribution in [0.1, 0.15) is 31.5 Å². The summed E-state index contributed by atoms with van der Waals surface area (Å²) in [6, 6.07) is 17.8. The number of carbonyl (C=O) groups excluding carboxylic acids is 3. The quantitative estimate of drug-likeness (QED) is 0.443. The second kappa shape index (κ2) is 8.08. The molecule has 2 amide bonds. The minimum atomic E-state index is -1.06. The van der Waals surface area contributed by atoms with Gasteiger partial charge in [0.2, 0.25) is 0 Å². The van der Waals surface area contributed by atoms with Crippen LogP contribution in [0, 0.1) is 11.6 Å². The Bertz CT molecular complexity index is 1120. The second-order valence-electron chi connectivity index (χ2n) is 6.35. The zero-order valence-electron chi connectivity index (χ0n) is 15.2. The molecular formula is C22H13F2NO4S. The number of thioether (sulfide) groups is 1. The molecule has 0 radical (unpaired) electrons. The predicted octanol–water partition coefficient (Wildman–Crippen LogP) is 4.55. The van der Waals surface area contributed by atoms with Crippen molar-refractivity contribution in [2.45, 2.75) is 10.1 Å². The van der Waals surface area contributed by atoms with Gasteiger partial charge < -0.3 is 4.84 Å². The monoisotopic (exact) mass is 425 g/mol. The van der Waals surface area contributed by atoms with Gasteiger partial charge >= 0.3 is 5.97 Å². The van der Waals surface area contributed by atoms with Crippen LogP contribution >= 0.6 is 11.8 Å². The van der Waals surface area contributed by atoms with E-state index in [4.69, 9.17) is 4.84 Å². The molecule has 3 aromatic carbocycles. The van der Waals surface area contributed by atoms with Gasteiger partial charge in [0, 0.05) is 4.90 Å². The van der Waals surface area contributed by atoms with E-state index in [1.54, 1.807) is 42.5 Å². The van der Waals surface area contributed by atoms with Crippen LogP contribution in [0.4, 0.5) is 8.78 Å². The number of carbonyl (C=O) groups is 3. The SMILES string of the molecule is O=C(ON1C(=O)c2ccccc2C1=O)C(Sc1ccc(F)c(F)c1)c1ccccc1. The molecule has 8 heteroatoms. The summed E-state index contributed by atoms with van der Waals surface area (Å²) in [4.78, 5) is 43.3. The van der Waals surface area contributed by atoms with Crippen molar-refractivity contribution in [2.24, 2.45) is 0 Å². The minimum absolute atomic E-state index is 0.139. The van der Waals surface area contributed by atoms with Gasteiger partial charge in [-0.25, -0.2) is 13.6 Å². The van der Waals surface area contributed by atoms with Crippen molar-refractivity contribution < 1.29 is 28.0 Å². The van der Waals surface area contributed by atoms with E-state index < -0.39 is 34.7 Å². The summed E-state index contributed by atoms with van der Waals surface area (Å²) < 4.78 is 26.9. The van der Waals surface area contributed by atoms with Crippen molar-refractivity contribution in [3.05, 3.63) is 101 Å². The largest absolute Gasteiger partial charge is 0.350 e. The number of benzene rings is 3. The first kappa shape index (κ1) is 19.8. The highest BCUT2D eigenvalue weighted by atomic mass is 32.2.